The second-order valence-corrected chi connectivity index (χ2v) is 15.0. The number of hydrogen-bond acceptors (Lipinski definition) is 10. The smallest absolute Gasteiger partial charge is 0.262 e. The Kier molecular flexibility index (Phi) is 14.2. The van der Waals surface area contributed by atoms with Gasteiger partial charge < -0.3 is 34.6 Å². The molecule has 12 heteroatoms. The molecule has 56 heavy (non-hydrogen) atoms. The van der Waals surface area contributed by atoms with Crippen LogP contribution in [0.1, 0.15) is 73.0 Å². The van der Waals surface area contributed by atoms with Crippen LogP contribution in [0, 0.1) is 13.8 Å². The molecule has 0 bridgehead atoms. The molecule has 0 radical (unpaired) electrons. The van der Waals surface area contributed by atoms with Crippen molar-refractivity contribution in [2.24, 2.45) is 0 Å². The van der Waals surface area contributed by atoms with E-state index in [0.29, 0.717) is 37.0 Å². The van der Waals surface area contributed by atoms with Crippen LogP contribution in [0.4, 0.5) is 17.3 Å². The van der Waals surface area contributed by atoms with Crippen LogP contribution in [-0.2, 0) is 11.2 Å². The average molecular weight is 764 g/mol. The number of piperidine rings is 1. The number of ether oxygens (including phenoxy) is 3. The third-order valence-corrected chi connectivity index (χ3v) is 10.6. The molecule has 4 aromatic rings. The zero-order chi connectivity index (χ0) is 39.4. The average Bonchev–Trinajstić information content (AvgIpc) is 3.21. The van der Waals surface area contributed by atoms with Crippen molar-refractivity contribution in [3.63, 3.8) is 0 Å². The van der Waals surface area contributed by atoms with Crippen LogP contribution in [0.3, 0.4) is 0 Å². The number of carbonyl (C=O) groups excluding carboxylic acids is 2. The molecule has 2 N–H and O–H groups in total. The van der Waals surface area contributed by atoms with E-state index in [1.54, 1.807) is 13.2 Å². The summed E-state index contributed by atoms with van der Waals surface area (Å²) in [4.78, 5) is 43.0. The lowest BCUT2D eigenvalue weighted by atomic mass is 10.1. The van der Waals surface area contributed by atoms with Crippen molar-refractivity contribution in [3.8, 4) is 23.1 Å². The summed E-state index contributed by atoms with van der Waals surface area (Å²) in [6, 6.07) is 19.6. The molecular formula is C44H57N7O5. The molecule has 3 aromatic carbocycles. The minimum absolute atomic E-state index is 0.0538. The lowest BCUT2D eigenvalue weighted by Crippen LogP contribution is -2.50. The normalized spacial score (nSPS) is 15.1. The van der Waals surface area contributed by atoms with Gasteiger partial charge in [-0.3, -0.25) is 14.5 Å². The fourth-order valence-corrected chi connectivity index (χ4v) is 7.26. The number of hydrogen-bond donors (Lipinski definition) is 2. The number of likely N-dealkylation sites (tertiary alicyclic amines) is 1. The minimum atomic E-state index is -0.410. The van der Waals surface area contributed by atoms with Gasteiger partial charge in [-0.2, -0.15) is 4.98 Å². The number of nitrogens with one attached hydrogen (secondary N) is 2. The second kappa shape index (κ2) is 19.6. The standard InChI is InChI=1S/C44H57N7O5/c1-31(2)50-23-25-51(26-24-50)40(52)19-17-34-16-18-38(39(28-34)54-5)56-43-37(42(53)47-41-32(3)12-9-13-33(41)4)30-45-44(48-43)46-35-14-10-15-36(29-35)55-27-11-22-49-20-7-6-8-21-49/h9-10,12-16,18,28-31H,6-8,11,17,19-27H2,1-5H3,(H,47,53)(H,45,46,48). The molecule has 6 rings (SSSR count). The third kappa shape index (κ3) is 11.0. The number of methoxy groups -OCH3 is 1. The maximum absolute atomic E-state index is 13.8. The number of rotatable bonds is 16. The number of nitrogens with zero attached hydrogens (tertiary/aromatic N) is 5. The van der Waals surface area contributed by atoms with Crippen molar-refractivity contribution < 1.29 is 23.8 Å². The van der Waals surface area contributed by atoms with Gasteiger partial charge in [-0.1, -0.05) is 36.8 Å². The van der Waals surface area contributed by atoms with Crippen molar-refractivity contribution in [1.82, 2.24) is 24.7 Å². The molecule has 3 heterocycles. The summed E-state index contributed by atoms with van der Waals surface area (Å²) >= 11 is 0. The van der Waals surface area contributed by atoms with E-state index in [0.717, 1.165) is 73.0 Å². The van der Waals surface area contributed by atoms with E-state index in [9.17, 15) is 9.59 Å². The van der Waals surface area contributed by atoms with Gasteiger partial charge in [0.15, 0.2) is 11.5 Å². The van der Waals surface area contributed by atoms with Crippen molar-refractivity contribution >= 4 is 29.1 Å². The maximum Gasteiger partial charge on any atom is 0.262 e. The Morgan fingerprint density at radius 2 is 1.62 bits per heavy atom. The lowest BCUT2D eigenvalue weighted by Gasteiger charge is -2.37. The van der Waals surface area contributed by atoms with Crippen molar-refractivity contribution in [2.45, 2.75) is 72.3 Å². The Hall–Kier alpha value is -5.20. The Balaban J connectivity index is 1.16. The molecule has 0 saturated carbocycles. The van der Waals surface area contributed by atoms with Gasteiger partial charge >= 0.3 is 0 Å². The Morgan fingerprint density at radius 3 is 2.36 bits per heavy atom. The Bertz CT molecular complexity index is 1920. The van der Waals surface area contributed by atoms with Gasteiger partial charge in [0.25, 0.3) is 5.91 Å². The SMILES string of the molecule is COc1cc(CCC(=O)N2CCN(C(C)C)CC2)ccc1Oc1nc(Nc2cccc(OCCCN3CCCCC3)c2)ncc1C(=O)Nc1c(C)cccc1C. The zero-order valence-corrected chi connectivity index (χ0v) is 33.6. The van der Waals surface area contributed by atoms with Crippen LogP contribution in [0.5, 0.6) is 23.1 Å². The highest BCUT2D eigenvalue weighted by Gasteiger charge is 2.23. The number of carbonyl (C=O) groups is 2. The van der Waals surface area contributed by atoms with E-state index in [2.05, 4.69) is 39.3 Å². The van der Waals surface area contributed by atoms with Crippen LogP contribution in [-0.4, -0.2) is 102 Å². The highest BCUT2D eigenvalue weighted by molar-refractivity contribution is 6.06. The van der Waals surface area contributed by atoms with Crippen LogP contribution < -0.4 is 24.8 Å². The van der Waals surface area contributed by atoms with Crippen LogP contribution in [0.2, 0.25) is 0 Å². The van der Waals surface area contributed by atoms with Crippen molar-refractivity contribution in [3.05, 3.63) is 89.1 Å². The van der Waals surface area contributed by atoms with Gasteiger partial charge in [0.05, 0.1) is 13.7 Å². The summed E-state index contributed by atoms with van der Waals surface area (Å²) in [5, 5.41) is 6.29. The molecule has 2 fully saturated rings. The van der Waals surface area contributed by atoms with Gasteiger partial charge in [0, 0.05) is 68.8 Å². The maximum atomic E-state index is 13.8. The zero-order valence-electron chi connectivity index (χ0n) is 33.6. The first-order valence-electron chi connectivity index (χ1n) is 20.0. The van der Waals surface area contributed by atoms with E-state index in [1.807, 2.05) is 73.3 Å². The van der Waals surface area contributed by atoms with E-state index < -0.39 is 5.91 Å². The van der Waals surface area contributed by atoms with Crippen LogP contribution >= 0.6 is 0 Å². The van der Waals surface area contributed by atoms with Gasteiger partial charge in [-0.05, 0) is 107 Å². The summed E-state index contributed by atoms with van der Waals surface area (Å²) < 4.78 is 18.2. The number of aromatic nitrogens is 2. The number of anilines is 3. The number of benzene rings is 3. The lowest BCUT2D eigenvalue weighted by molar-refractivity contribution is -0.133. The highest BCUT2D eigenvalue weighted by Crippen LogP contribution is 2.35. The van der Waals surface area contributed by atoms with E-state index in [-0.39, 0.29) is 23.3 Å². The van der Waals surface area contributed by atoms with Gasteiger partial charge in [0.1, 0.15) is 11.3 Å². The summed E-state index contributed by atoms with van der Waals surface area (Å²) in [7, 11) is 1.57. The number of amides is 2. The fraction of sp³-hybridized carbons (Fsp3) is 0.455. The summed E-state index contributed by atoms with van der Waals surface area (Å²) in [6.07, 6.45) is 7.28. The van der Waals surface area contributed by atoms with Gasteiger partial charge in [-0.25, -0.2) is 4.98 Å². The summed E-state index contributed by atoms with van der Waals surface area (Å²) in [5.74, 6) is 1.62. The van der Waals surface area contributed by atoms with Gasteiger partial charge in [0.2, 0.25) is 17.7 Å². The highest BCUT2D eigenvalue weighted by atomic mass is 16.5. The molecule has 2 amide bonds. The fourth-order valence-electron chi connectivity index (χ4n) is 7.26. The molecule has 2 aliphatic heterocycles. The molecule has 12 nitrogen and oxygen atoms in total. The summed E-state index contributed by atoms with van der Waals surface area (Å²) in [6.45, 7) is 15.6. The molecule has 298 valence electrons. The van der Waals surface area contributed by atoms with Crippen LogP contribution in [0.15, 0.2) is 66.9 Å². The Morgan fingerprint density at radius 1 is 0.875 bits per heavy atom. The quantitative estimate of drug-likeness (QED) is 0.110. The van der Waals surface area contributed by atoms with Gasteiger partial charge in [-0.15, -0.1) is 0 Å². The first-order valence-corrected chi connectivity index (χ1v) is 20.0. The largest absolute Gasteiger partial charge is 0.493 e. The Labute approximate surface area is 331 Å². The summed E-state index contributed by atoms with van der Waals surface area (Å²) in [5.41, 5.74) is 4.41. The van der Waals surface area contributed by atoms with E-state index in [1.165, 1.54) is 38.5 Å². The topological polar surface area (TPSA) is 121 Å². The predicted octanol–water partition coefficient (Wildman–Crippen LogP) is 7.63. The van der Waals surface area contributed by atoms with E-state index in [4.69, 9.17) is 19.2 Å². The minimum Gasteiger partial charge on any atom is -0.493 e. The first kappa shape index (κ1) is 40.5. The van der Waals surface area contributed by atoms with Crippen LogP contribution in [0.25, 0.3) is 0 Å². The number of para-hydroxylation sites is 1. The molecular weight excluding hydrogens is 707 g/mol. The molecule has 0 atom stereocenters. The second-order valence-electron chi connectivity index (χ2n) is 15.0. The predicted molar refractivity (Wildman–Crippen MR) is 221 cm³/mol. The van der Waals surface area contributed by atoms with Crippen molar-refractivity contribution in [2.75, 3.05) is 70.2 Å². The molecule has 0 spiro atoms. The molecule has 1 aromatic heterocycles. The first-order chi connectivity index (χ1) is 27.2. The molecule has 2 saturated heterocycles. The van der Waals surface area contributed by atoms with E-state index >= 15 is 0 Å². The monoisotopic (exact) mass is 763 g/mol. The third-order valence-electron chi connectivity index (χ3n) is 10.6. The molecule has 0 unspecified atom stereocenters. The number of aryl methyl sites for hydroxylation is 3. The van der Waals surface area contributed by atoms with Crippen molar-refractivity contribution in [1.29, 1.82) is 0 Å². The number of piperazine rings is 1. The molecule has 2 aliphatic rings. The molecule has 0 aliphatic carbocycles.